The fourth-order valence-electron chi connectivity index (χ4n) is 6.03. The van der Waals surface area contributed by atoms with E-state index in [0.29, 0.717) is 30.0 Å². The first-order valence-electron chi connectivity index (χ1n) is 13.1. The Morgan fingerprint density at radius 2 is 1.94 bits per heavy atom. The van der Waals surface area contributed by atoms with Crippen molar-refractivity contribution in [2.45, 2.75) is 64.5 Å². The number of nitrogens with zero attached hydrogens (tertiary/aromatic N) is 3. The number of amides is 2. The molecular weight excluding hydrogens is 440 g/mol. The zero-order chi connectivity index (χ0) is 24.1. The minimum absolute atomic E-state index is 0.0133. The quantitative estimate of drug-likeness (QED) is 0.437. The molecular formula is C27H34N6O2. The van der Waals surface area contributed by atoms with Crippen LogP contribution in [0.4, 0.5) is 0 Å². The number of aromatic nitrogens is 4. The molecule has 3 atom stereocenters. The predicted octanol–water partition coefficient (Wildman–Crippen LogP) is 3.93. The van der Waals surface area contributed by atoms with Gasteiger partial charge in [0.2, 0.25) is 5.91 Å². The van der Waals surface area contributed by atoms with Gasteiger partial charge in [-0.05, 0) is 86.5 Å². The van der Waals surface area contributed by atoms with E-state index in [1.54, 1.807) is 16.9 Å². The van der Waals surface area contributed by atoms with Crippen molar-refractivity contribution in [1.82, 2.24) is 30.4 Å². The number of aromatic amines is 1. The van der Waals surface area contributed by atoms with Gasteiger partial charge in [-0.3, -0.25) is 14.3 Å². The molecule has 2 saturated carbocycles. The van der Waals surface area contributed by atoms with E-state index in [9.17, 15) is 9.59 Å². The van der Waals surface area contributed by atoms with Crippen LogP contribution in [0.2, 0.25) is 0 Å². The average Bonchev–Trinajstić information content (AvgIpc) is 3.74. The smallest absolute Gasteiger partial charge is 0.270 e. The van der Waals surface area contributed by atoms with Gasteiger partial charge < -0.3 is 15.6 Å². The molecule has 8 heteroatoms. The Kier molecular flexibility index (Phi) is 5.61. The largest absolute Gasteiger partial charge is 0.356 e. The van der Waals surface area contributed by atoms with E-state index in [2.05, 4.69) is 39.8 Å². The number of carbonyl (C=O) groups is 2. The molecule has 6 rings (SSSR count). The van der Waals surface area contributed by atoms with E-state index in [-0.39, 0.29) is 29.7 Å². The molecule has 2 aromatic heterocycles. The Morgan fingerprint density at radius 1 is 1.17 bits per heavy atom. The molecule has 35 heavy (non-hydrogen) atoms. The standard InChI is InChI=1S/C27H34N6O2/c1-3-33-22(11-13-29-33)27(35)32-24(23(16-4-5-16)17-6-7-17)25-30-20-9-8-18(14-21(20)31-25)15(2)19-10-12-28-26(19)34/h8-9,11,13-17,19,23-24H,3-7,10,12H2,1-2H3,(H,28,34)(H,30,31)(H,32,35)/t15?,19?,24-/m0/s1. The van der Waals surface area contributed by atoms with Crippen LogP contribution < -0.4 is 10.6 Å². The van der Waals surface area contributed by atoms with Gasteiger partial charge in [-0.25, -0.2) is 4.98 Å². The summed E-state index contributed by atoms with van der Waals surface area (Å²) in [6.07, 6.45) is 7.47. The van der Waals surface area contributed by atoms with Crippen LogP contribution >= 0.6 is 0 Å². The molecule has 3 fully saturated rings. The molecule has 1 aliphatic heterocycles. The highest BCUT2D eigenvalue weighted by Crippen LogP contribution is 2.54. The lowest BCUT2D eigenvalue weighted by Crippen LogP contribution is -2.37. The summed E-state index contributed by atoms with van der Waals surface area (Å²) in [6.45, 7) is 5.53. The molecule has 3 aliphatic rings. The topological polar surface area (TPSA) is 105 Å². The number of nitrogens with one attached hydrogen (secondary N) is 3. The number of imidazole rings is 1. The molecule has 3 heterocycles. The van der Waals surface area contributed by atoms with Gasteiger partial charge in [-0.2, -0.15) is 5.10 Å². The van der Waals surface area contributed by atoms with Crippen molar-refractivity contribution in [3.05, 3.63) is 47.5 Å². The summed E-state index contributed by atoms with van der Waals surface area (Å²) in [7, 11) is 0. The molecule has 2 unspecified atom stereocenters. The second-order valence-corrected chi connectivity index (χ2v) is 10.6. The summed E-state index contributed by atoms with van der Waals surface area (Å²) in [6, 6.07) is 7.90. The van der Waals surface area contributed by atoms with Gasteiger partial charge in [0.25, 0.3) is 5.91 Å². The Bertz CT molecular complexity index is 1240. The number of H-pyrrole nitrogens is 1. The van der Waals surface area contributed by atoms with Crippen LogP contribution in [-0.4, -0.2) is 38.1 Å². The summed E-state index contributed by atoms with van der Waals surface area (Å²) in [4.78, 5) is 34.1. The first-order chi connectivity index (χ1) is 17.0. The van der Waals surface area contributed by atoms with Crippen molar-refractivity contribution in [2.24, 2.45) is 23.7 Å². The highest BCUT2D eigenvalue weighted by Gasteiger charge is 2.47. The molecule has 0 radical (unpaired) electrons. The maximum Gasteiger partial charge on any atom is 0.270 e. The van der Waals surface area contributed by atoms with E-state index < -0.39 is 0 Å². The van der Waals surface area contributed by atoms with E-state index >= 15 is 0 Å². The first kappa shape index (κ1) is 22.3. The van der Waals surface area contributed by atoms with Gasteiger partial charge in [0.05, 0.1) is 17.1 Å². The number of hydrogen-bond acceptors (Lipinski definition) is 4. The number of rotatable bonds is 9. The Morgan fingerprint density at radius 3 is 2.60 bits per heavy atom. The summed E-state index contributed by atoms with van der Waals surface area (Å²) >= 11 is 0. The van der Waals surface area contributed by atoms with E-state index in [4.69, 9.17) is 4.98 Å². The number of hydrogen-bond donors (Lipinski definition) is 3. The summed E-state index contributed by atoms with van der Waals surface area (Å²) in [5.41, 5.74) is 3.59. The van der Waals surface area contributed by atoms with Crippen molar-refractivity contribution in [3.8, 4) is 0 Å². The van der Waals surface area contributed by atoms with E-state index in [0.717, 1.165) is 35.4 Å². The van der Waals surface area contributed by atoms with Crippen LogP contribution in [0.1, 0.15) is 79.8 Å². The van der Waals surface area contributed by atoms with Crippen LogP contribution in [0.15, 0.2) is 30.5 Å². The zero-order valence-electron chi connectivity index (χ0n) is 20.5. The lowest BCUT2D eigenvalue weighted by Gasteiger charge is -2.27. The molecule has 0 bridgehead atoms. The van der Waals surface area contributed by atoms with Gasteiger partial charge in [-0.15, -0.1) is 0 Å². The molecule has 3 aromatic rings. The van der Waals surface area contributed by atoms with Gasteiger partial charge in [-0.1, -0.05) is 13.0 Å². The number of aryl methyl sites for hydroxylation is 1. The highest BCUT2D eigenvalue weighted by atomic mass is 16.2. The molecule has 2 amide bonds. The van der Waals surface area contributed by atoms with Gasteiger partial charge in [0, 0.05) is 25.2 Å². The molecule has 1 saturated heterocycles. The minimum atomic E-state index is -0.156. The average molecular weight is 475 g/mol. The van der Waals surface area contributed by atoms with Crippen LogP contribution in [0, 0.1) is 23.7 Å². The monoisotopic (exact) mass is 474 g/mol. The SMILES string of the molecule is CCn1nccc1C(=O)N[C@H](c1nc2ccc(C(C)C3CCNC3=O)cc2[nH]1)C(C1CC1)C1CC1. The minimum Gasteiger partial charge on any atom is -0.356 e. The summed E-state index contributed by atoms with van der Waals surface area (Å²) < 4.78 is 1.74. The van der Waals surface area contributed by atoms with Crippen molar-refractivity contribution in [3.63, 3.8) is 0 Å². The van der Waals surface area contributed by atoms with Crippen LogP contribution in [0.25, 0.3) is 11.0 Å². The molecule has 0 spiro atoms. The zero-order valence-corrected chi connectivity index (χ0v) is 20.5. The number of carbonyl (C=O) groups excluding carboxylic acids is 2. The van der Waals surface area contributed by atoms with Gasteiger partial charge >= 0.3 is 0 Å². The second-order valence-electron chi connectivity index (χ2n) is 10.6. The summed E-state index contributed by atoms with van der Waals surface area (Å²) in [5, 5.41) is 10.6. The van der Waals surface area contributed by atoms with Crippen molar-refractivity contribution in [1.29, 1.82) is 0 Å². The number of fused-ring (bicyclic) bond motifs is 1. The maximum atomic E-state index is 13.3. The second kappa shape index (κ2) is 8.81. The van der Waals surface area contributed by atoms with Crippen molar-refractivity contribution >= 4 is 22.8 Å². The highest BCUT2D eigenvalue weighted by molar-refractivity contribution is 5.92. The van der Waals surface area contributed by atoms with Crippen LogP contribution in [-0.2, 0) is 11.3 Å². The lowest BCUT2D eigenvalue weighted by molar-refractivity contribution is -0.122. The van der Waals surface area contributed by atoms with Crippen molar-refractivity contribution in [2.75, 3.05) is 6.54 Å². The Balaban J connectivity index is 1.32. The fraction of sp³-hybridized carbons (Fsp3) is 0.556. The summed E-state index contributed by atoms with van der Waals surface area (Å²) in [5.74, 6) is 2.74. The van der Waals surface area contributed by atoms with E-state index in [1.165, 1.54) is 25.7 Å². The lowest BCUT2D eigenvalue weighted by atomic mass is 9.86. The normalized spacial score (nSPS) is 21.9. The molecule has 184 valence electrons. The number of benzene rings is 1. The molecule has 8 nitrogen and oxygen atoms in total. The van der Waals surface area contributed by atoms with Gasteiger partial charge in [0.15, 0.2) is 0 Å². The maximum absolute atomic E-state index is 13.3. The molecule has 3 N–H and O–H groups in total. The molecule has 2 aliphatic carbocycles. The van der Waals surface area contributed by atoms with Crippen LogP contribution in [0.5, 0.6) is 0 Å². The van der Waals surface area contributed by atoms with E-state index in [1.807, 2.05) is 13.0 Å². The molecule has 1 aromatic carbocycles. The third-order valence-electron chi connectivity index (χ3n) is 8.29. The van der Waals surface area contributed by atoms with Crippen molar-refractivity contribution < 1.29 is 9.59 Å². The Labute approximate surface area is 205 Å². The third kappa shape index (κ3) is 4.23. The fourth-order valence-corrected chi connectivity index (χ4v) is 6.03. The Hall–Kier alpha value is -3.16. The predicted molar refractivity (Wildman–Crippen MR) is 133 cm³/mol. The first-order valence-corrected chi connectivity index (χ1v) is 13.1. The van der Waals surface area contributed by atoms with Gasteiger partial charge in [0.1, 0.15) is 11.5 Å². The van der Waals surface area contributed by atoms with Crippen LogP contribution in [0.3, 0.4) is 0 Å². The third-order valence-corrected chi connectivity index (χ3v) is 8.29.